The highest BCUT2D eigenvalue weighted by atomic mass is 16.3. The number of unbranched alkanes of at least 4 members (excludes halogenated alkanes) is 28. The highest BCUT2D eigenvalue weighted by Gasteiger charge is 2.17. The van der Waals surface area contributed by atoms with Gasteiger partial charge in [-0.2, -0.15) is 0 Å². The molecule has 2 unspecified atom stereocenters. The molecule has 2 atom stereocenters. The first-order valence-electron chi connectivity index (χ1n) is 20.6. The van der Waals surface area contributed by atoms with E-state index in [0.717, 1.165) is 25.7 Å². The van der Waals surface area contributed by atoms with Crippen LogP contribution in [0.1, 0.15) is 219 Å². The number of amides is 1. The standard InChI is InChI=1S/C42H81NO3/c1-3-5-7-9-11-13-15-17-18-19-20-21-22-23-24-25-26-28-30-32-34-36-38-42(46)43-40(39-44)41(45)37-35-33-31-29-27-16-14-12-10-8-6-4-2/h22-23,35,37,40-41,44-45H,3-21,24-34,36,38-39H2,1-2H3,(H,43,46)/b23-22-,37-35+. The van der Waals surface area contributed by atoms with E-state index in [2.05, 4.69) is 31.3 Å². The fraction of sp³-hybridized carbons (Fsp3) is 0.881. The van der Waals surface area contributed by atoms with Crippen LogP contribution in [-0.4, -0.2) is 34.9 Å². The van der Waals surface area contributed by atoms with E-state index in [1.54, 1.807) is 6.08 Å². The Morgan fingerprint density at radius 2 is 0.826 bits per heavy atom. The third-order valence-electron chi connectivity index (χ3n) is 9.43. The second kappa shape index (κ2) is 38.3. The zero-order chi connectivity index (χ0) is 33.6. The van der Waals surface area contributed by atoms with E-state index in [1.807, 2.05) is 6.08 Å². The molecular formula is C42H81NO3. The molecule has 0 saturated heterocycles. The Kier molecular flexibility index (Phi) is 37.4. The Bertz CT molecular complexity index is 661. The van der Waals surface area contributed by atoms with Gasteiger partial charge >= 0.3 is 0 Å². The van der Waals surface area contributed by atoms with Crippen LogP contribution in [0, 0.1) is 0 Å². The van der Waals surface area contributed by atoms with Crippen LogP contribution >= 0.6 is 0 Å². The van der Waals surface area contributed by atoms with Gasteiger partial charge in [0.05, 0.1) is 18.8 Å². The normalized spacial score (nSPS) is 13.2. The number of hydrogen-bond donors (Lipinski definition) is 3. The number of carbonyl (C=O) groups is 1. The van der Waals surface area contributed by atoms with Crippen LogP contribution in [0.2, 0.25) is 0 Å². The van der Waals surface area contributed by atoms with Gasteiger partial charge in [-0.15, -0.1) is 0 Å². The van der Waals surface area contributed by atoms with Gasteiger partial charge in [-0.05, 0) is 44.9 Å². The lowest BCUT2D eigenvalue weighted by molar-refractivity contribution is -0.123. The maximum absolute atomic E-state index is 12.3. The Labute approximate surface area is 288 Å². The molecule has 0 radical (unpaired) electrons. The number of carbonyl (C=O) groups excluding carboxylic acids is 1. The third kappa shape index (κ3) is 34.2. The molecule has 0 fully saturated rings. The van der Waals surface area contributed by atoms with Crippen molar-refractivity contribution in [2.45, 2.75) is 231 Å². The second-order valence-electron chi connectivity index (χ2n) is 14.1. The fourth-order valence-corrected chi connectivity index (χ4v) is 6.23. The summed E-state index contributed by atoms with van der Waals surface area (Å²) in [6.07, 6.45) is 48.5. The first-order chi connectivity index (χ1) is 22.7. The zero-order valence-electron chi connectivity index (χ0n) is 31.1. The maximum atomic E-state index is 12.3. The van der Waals surface area contributed by atoms with E-state index >= 15 is 0 Å². The molecule has 0 aliphatic heterocycles. The minimum Gasteiger partial charge on any atom is -0.394 e. The summed E-state index contributed by atoms with van der Waals surface area (Å²) in [5.74, 6) is -0.0684. The molecule has 0 rings (SSSR count). The van der Waals surface area contributed by atoms with Crippen LogP contribution in [0.25, 0.3) is 0 Å². The van der Waals surface area contributed by atoms with Crippen molar-refractivity contribution in [3.63, 3.8) is 0 Å². The minimum absolute atomic E-state index is 0.0684. The van der Waals surface area contributed by atoms with Gasteiger partial charge in [-0.1, -0.05) is 192 Å². The van der Waals surface area contributed by atoms with Crippen molar-refractivity contribution in [3.8, 4) is 0 Å². The van der Waals surface area contributed by atoms with Gasteiger partial charge in [-0.3, -0.25) is 4.79 Å². The van der Waals surface area contributed by atoms with Crippen molar-refractivity contribution in [2.24, 2.45) is 0 Å². The van der Waals surface area contributed by atoms with Gasteiger partial charge in [0.1, 0.15) is 0 Å². The minimum atomic E-state index is -0.837. The summed E-state index contributed by atoms with van der Waals surface area (Å²) < 4.78 is 0. The van der Waals surface area contributed by atoms with E-state index in [-0.39, 0.29) is 12.5 Å². The lowest BCUT2D eigenvalue weighted by Crippen LogP contribution is -2.45. The van der Waals surface area contributed by atoms with E-state index in [1.165, 1.54) is 173 Å². The van der Waals surface area contributed by atoms with E-state index < -0.39 is 12.1 Å². The van der Waals surface area contributed by atoms with Crippen molar-refractivity contribution in [3.05, 3.63) is 24.3 Å². The summed E-state index contributed by atoms with van der Waals surface area (Å²) in [6, 6.07) is -0.620. The highest BCUT2D eigenvalue weighted by Crippen LogP contribution is 2.14. The molecular weight excluding hydrogens is 566 g/mol. The molecule has 0 aromatic heterocycles. The molecule has 4 nitrogen and oxygen atoms in total. The van der Waals surface area contributed by atoms with E-state index in [0.29, 0.717) is 6.42 Å². The summed E-state index contributed by atoms with van der Waals surface area (Å²) in [5.41, 5.74) is 0. The number of aliphatic hydroxyl groups is 2. The molecule has 272 valence electrons. The zero-order valence-corrected chi connectivity index (χ0v) is 31.1. The molecule has 0 aliphatic carbocycles. The predicted octanol–water partition coefficient (Wildman–Crippen LogP) is 12.5. The van der Waals surface area contributed by atoms with Gasteiger partial charge in [-0.25, -0.2) is 0 Å². The van der Waals surface area contributed by atoms with Crippen LogP contribution < -0.4 is 5.32 Å². The van der Waals surface area contributed by atoms with Crippen molar-refractivity contribution in [1.82, 2.24) is 5.32 Å². The molecule has 0 aliphatic rings. The monoisotopic (exact) mass is 648 g/mol. The predicted molar refractivity (Wildman–Crippen MR) is 202 cm³/mol. The van der Waals surface area contributed by atoms with Gasteiger partial charge in [0.15, 0.2) is 0 Å². The number of rotatable bonds is 37. The fourth-order valence-electron chi connectivity index (χ4n) is 6.23. The first-order valence-corrected chi connectivity index (χ1v) is 20.6. The second-order valence-corrected chi connectivity index (χ2v) is 14.1. The molecule has 0 bridgehead atoms. The number of allylic oxidation sites excluding steroid dienone is 3. The molecule has 0 spiro atoms. The van der Waals surface area contributed by atoms with Gasteiger partial charge in [0.25, 0.3) is 0 Å². The van der Waals surface area contributed by atoms with Crippen LogP contribution in [0.4, 0.5) is 0 Å². The number of hydrogen-bond acceptors (Lipinski definition) is 3. The van der Waals surface area contributed by atoms with Gasteiger partial charge < -0.3 is 15.5 Å². The summed E-state index contributed by atoms with van der Waals surface area (Å²) in [7, 11) is 0. The maximum Gasteiger partial charge on any atom is 0.220 e. The van der Waals surface area contributed by atoms with Crippen LogP contribution in [-0.2, 0) is 4.79 Å². The summed E-state index contributed by atoms with van der Waals surface area (Å²) in [6.45, 7) is 4.30. The van der Waals surface area contributed by atoms with E-state index in [9.17, 15) is 15.0 Å². The molecule has 4 heteroatoms. The molecule has 1 amide bonds. The molecule has 3 N–H and O–H groups in total. The third-order valence-corrected chi connectivity index (χ3v) is 9.43. The average Bonchev–Trinajstić information content (AvgIpc) is 3.06. The van der Waals surface area contributed by atoms with Gasteiger partial charge in [0.2, 0.25) is 5.91 Å². The van der Waals surface area contributed by atoms with Crippen LogP contribution in [0.3, 0.4) is 0 Å². The topological polar surface area (TPSA) is 69.6 Å². The van der Waals surface area contributed by atoms with Crippen molar-refractivity contribution >= 4 is 5.91 Å². The quantitative estimate of drug-likeness (QED) is 0.0464. The summed E-state index contributed by atoms with van der Waals surface area (Å²) in [4.78, 5) is 12.3. The lowest BCUT2D eigenvalue weighted by atomic mass is 10.0. The van der Waals surface area contributed by atoms with Crippen molar-refractivity contribution < 1.29 is 15.0 Å². The highest BCUT2D eigenvalue weighted by molar-refractivity contribution is 5.76. The lowest BCUT2D eigenvalue weighted by Gasteiger charge is -2.20. The molecule has 0 saturated carbocycles. The summed E-state index contributed by atoms with van der Waals surface area (Å²) in [5, 5.41) is 22.9. The van der Waals surface area contributed by atoms with Crippen molar-refractivity contribution in [1.29, 1.82) is 0 Å². The van der Waals surface area contributed by atoms with E-state index in [4.69, 9.17) is 0 Å². The SMILES string of the molecule is CCCCCCCCCCCC/C=C/C(O)C(CO)NC(=O)CCCCCCCCC/C=C\CCCCCCCCCCCCC. The van der Waals surface area contributed by atoms with Crippen LogP contribution in [0.15, 0.2) is 24.3 Å². The molecule has 0 aromatic carbocycles. The summed E-state index contributed by atoms with van der Waals surface area (Å²) >= 11 is 0. The Morgan fingerprint density at radius 1 is 0.500 bits per heavy atom. The van der Waals surface area contributed by atoms with Crippen molar-refractivity contribution in [2.75, 3.05) is 6.61 Å². The molecule has 46 heavy (non-hydrogen) atoms. The van der Waals surface area contributed by atoms with Gasteiger partial charge in [0, 0.05) is 6.42 Å². The first kappa shape index (κ1) is 44.9. The Morgan fingerprint density at radius 3 is 1.20 bits per heavy atom. The Balaban J connectivity index is 3.55. The van der Waals surface area contributed by atoms with Crippen LogP contribution in [0.5, 0.6) is 0 Å². The Hall–Kier alpha value is -1.13. The molecule has 0 heterocycles. The average molecular weight is 648 g/mol. The smallest absolute Gasteiger partial charge is 0.220 e. The number of nitrogens with one attached hydrogen (secondary N) is 1. The largest absolute Gasteiger partial charge is 0.394 e. The number of aliphatic hydroxyl groups excluding tert-OH is 2. The molecule has 0 aromatic rings.